The van der Waals surface area contributed by atoms with Crippen LogP contribution in [-0.2, 0) is 6.42 Å². The molecule has 4 atom stereocenters. The Morgan fingerprint density at radius 2 is 2.05 bits per heavy atom. The lowest BCUT2D eigenvalue weighted by molar-refractivity contribution is 0.113. The van der Waals surface area contributed by atoms with Crippen LogP contribution < -0.4 is 5.32 Å². The number of likely N-dealkylation sites (tertiary alicyclic amines) is 1. The molecule has 108 valence electrons. The first-order valence-corrected chi connectivity index (χ1v) is 8.37. The molecule has 1 saturated carbocycles. The van der Waals surface area contributed by atoms with Gasteiger partial charge in [0.15, 0.2) is 0 Å². The van der Waals surface area contributed by atoms with Crippen molar-refractivity contribution in [1.82, 2.24) is 10.2 Å². The van der Waals surface area contributed by atoms with Crippen molar-refractivity contribution in [2.24, 2.45) is 5.92 Å². The van der Waals surface area contributed by atoms with Gasteiger partial charge < -0.3 is 5.32 Å². The molecule has 0 aromatic heterocycles. The molecule has 2 aliphatic carbocycles. The highest BCUT2D eigenvalue weighted by Crippen LogP contribution is 2.42. The van der Waals surface area contributed by atoms with E-state index in [4.69, 9.17) is 0 Å². The summed E-state index contributed by atoms with van der Waals surface area (Å²) in [5, 5.41) is 3.64. The van der Waals surface area contributed by atoms with E-state index in [1.54, 1.807) is 11.1 Å². The van der Waals surface area contributed by atoms with E-state index in [0.717, 1.165) is 12.0 Å². The molecular formula is C18H26N2. The zero-order valence-electron chi connectivity index (χ0n) is 12.5. The standard InChI is InChI=1S/C18H26N2/c1-19-18-16-7-3-2-5-14(16)6-4-8-17(18)20-12-13-9-10-15(20)11-13/h2-3,5,7,13,15,17-19H,4,6,8-12H2,1H3. The summed E-state index contributed by atoms with van der Waals surface area (Å²) in [5.74, 6) is 0.996. The van der Waals surface area contributed by atoms with Crippen molar-refractivity contribution in [3.8, 4) is 0 Å². The van der Waals surface area contributed by atoms with Gasteiger partial charge in [0.2, 0.25) is 0 Å². The molecule has 2 fully saturated rings. The van der Waals surface area contributed by atoms with Gasteiger partial charge in [0.05, 0.1) is 0 Å². The lowest BCUT2D eigenvalue weighted by Crippen LogP contribution is -2.47. The molecule has 4 rings (SSSR count). The highest BCUT2D eigenvalue weighted by molar-refractivity contribution is 5.32. The molecule has 0 radical (unpaired) electrons. The molecule has 2 bridgehead atoms. The molecule has 1 N–H and O–H groups in total. The molecule has 1 aromatic carbocycles. The Hall–Kier alpha value is -0.860. The van der Waals surface area contributed by atoms with Crippen LogP contribution in [0.1, 0.15) is 49.3 Å². The van der Waals surface area contributed by atoms with Crippen LogP contribution in [-0.4, -0.2) is 30.6 Å². The molecular weight excluding hydrogens is 244 g/mol. The Bertz CT molecular complexity index is 484. The van der Waals surface area contributed by atoms with Crippen molar-refractivity contribution < 1.29 is 0 Å². The van der Waals surface area contributed by atoms with Gasteiger partial charge in [-0.15, -0.1) is 0 Å². The van der Waals surface area contributed by atoms with Crippen LogP contribution in [0.15, 0.2) is 24.3 Å². The minimum Gasteiger partial charge on any atom is -0.312 e. The molecule has 4 unspecified atom stereocenters. The fraction of sp³-hybridized carbons (Fsp3) is 0.667. The average Bonchev–Trinajstić information content (AvgIpc) is 3.05. The smallest absolute Gasteiger partial charge is 0.0478 e. The van der Waals surface area contributed by atoms with E-state index < -0.39 is 0 Å². The lowest BCUT2D eigenvalue weighted by Gasteiger charge is -2.39. The number of fused-ring (bicyclic) bond motifs is 3. The Kier molecular flexibility index (Phi) is 3.31. The van der Waals surface area contributed by atoms with Gasteiger partial charge in [-0.05, 0) is 62.6 Å². The predicted molar refractivity (Wildman–Crippen MR) is 82.8 cm³/mol. The van der Waals surface area contributed by atoms with Gasteiger partial charge >= 0.3 is 0 Å². The third-order valence-corrected chi connectivity index (χ3v) is 5.91. The number of nitrogens with one attached hydrogen (secondary N) is 1. The van der Waals surface area contributed by atoms with Gasteiger partial charge in [-0.3, -0.25) is 4.90 Å². The first-order valence-electron chi connectivity index (χ1n) is 8.37. The molecule has 1 saturated heterocycles. The van der Waals surface area contributed by atoms with E-state index in [2.05, 4.69) is 41.5 Å². The van der Waals surface area contributed by atoms with E-state index in [-0.39, 0.29) is 0 Å². The van der Waals surface area contributed by atoms with Crippen LogP contribution in [0.4, 0.5) is 0 Å². The highest BCUT2D eigenvalue weighted by Gasteiger charge is 2.43. The number of aryl methyl sites for hydroxylation is 1. The Labute approximate surface area is 122 Å². The van der Waals surface area contributed by atoms with E-state index in [1.165, 1.54) is 45.1 Å². The Morgan fingerprint density at radius 1 is 1.15 bits per heavy atom. The van der Waals surface area contributed by atoms with Crippen LogP contribution in [0, 0.1) is 5.92 Å². The van der Waals surface area contributed by atoms with E-state index in [1.807, 2.05) is 0 Å². The van der Waals surface area contributed by atoms with Crippen molar-refractivity contribution in [3.63, 3.8) is 0 Å². The summed E-state index contributed by atoms with van der Waals surface area (Å²) >= 11 is 0. The second kappa shape index (κ2) is 5.16. The molecule has 0 amide bonds. The minimum absolute atomic E-state index is 0.521. The molecule has 2 heteroatoms. The lowest BCUT2D eigenvalue weighted by atomic mass is 9.94. The summed E-state index contributed by atoms with van der Waals surface area (Å²) in [6.45, 7) is 1.36. The number of rotatable bonds is 2. The topological polar surface area (TPSA) is 15.3 Å². The first-order chi connectivity index (χ1) is 9.86. The quantitative estimate of drug-likeness (QED) is 0.831. The summed E-state index contributed by atoms with van der Waals surface area (Å²) in [4.78, 5) is 2.86. The molecule has 2 nitrogen and oxygen atoms in total. The van der Waals surface area contributed by atoms with Gasteiger partial charge in [-0.2, -0.15) is 0 Å². The second-order valence-corrected chi connectivity index (χ2v) is 6.95. The molecule has 1 aromatic rings. The van der Waals surface area contributed by atoms with Crippen molar-refractivity contribution in [1.29, 1.82) is 0 Å². The number of piperidine rings is 1. The van der Waals surface area contributed by atoms with Crippen molar-refractivity contribution in [2.45, 2.75) is 56.7 Å². The monoisotopic (exact) mass is 270 g/mol. The fourth-order valence-electron chi connectivity index (χ4n) is 5.02. The fourth-order valence-corrected chi connectivity index (χ4v) is 5.02. The minimum atomic E-state index is 0.521. The summed E-state index contributed by atoms with van der Waals surface area (Å²) < 4.78 is 0. The molecule has 3 aliphatic rings. The van der Waals surface area contributed by atoms with Gasteiger partial charge in [0.1, 0.15) is 0 Å². The second-order valence-electron chi connectivity index (χ2n) is 6.95. The van der Waals surface area contributed by atoms with Gasteiger partial charge in [-0.25, -0.2) is 0 Å². The molecule has 0 spiro atoms. The summed E-state index contributed by atoms with van der Waals surface area (Å²) in [6.07, 6.45) is 8.34. The maximum absolute atomic E-state index is 3.64. The van der Waals surface area contributed by atoms with Crippen LogP contribution >= 0.6 is 0 Å². The van der Waals surface area contributed by atoms with Crippen LogP contribution in [0.25, 0.3) is 0 Å². The predicted octanol–water partition coefficient (Wildman–Crippen LogP) is 3.14. The number of likely N-dealkylation sites (N-methyl/N-ethyl adjacent to an activating group) is 1. The first kappa shape index (κ1) is 12.8. The van der Waals surface area contributed by atoms with Crippen molar-refractivity contribution in [3.05, 3.63) is 35.4 Å². The zero-order valence-corrected chi connectivity index (χ0v) is 12.5. The average molecular weight is 270 g/mol. The number of hydrogen-bond acceptors (Lipinski definition) is 2. The Morgan fingerprint density at radius 3 is 2.80 bits per heavy atom. The normalized spacial score (nSPS) is 36.9. The summed E-state index contributed by atoms with van der Waals surface area (Å²) in [7, 11) is 2.15. The van der Waals surface area contributed by atoms with E-state index in [9.17, 15) is 0 Å². The summed E-state index contributed by atoms with van der Waals surface area (Å²) in [6, 6.07) is 11.2. The largest absolute Gasteiger partial charge is 0.312 e. The van der Waals surface area contributed by atoms with E-state index >= 15 is 0 Å². The Balaban J connectivity index is 1.66. The van der Waals surface area contributed by atoms with Crippen molar-refractivity contribution >= 4 is 0 Å². The number of nitrogens with zero attached hydrogens (tertiary/aromatic N) is 1. The number of benzene rings is 1. The van der Waals surface area contributed by atoms with Gasteiger partial charge in [0.25, 0.3) is 0 Å². The van der Waals surface area contributed by atoms with Crippen LogP contribution in [0.5, 0.6) is 0 Å². The van der Waals surface area contributed by atoms with Crippen LogP contribution in [0.3, 0.4) is 0 Å². The molecule has 20 heavy (non-hydrogen) atoms. The molecule has 1 aliphatic heterocycles. The third kappa shape index (κ3) is 2.01. The maximum atomic E-state index is 3.64. The highest BCUT2D eigenvalue weighted by atomic mass is 15.2. The molecule has 1 heterocycles. The van der Waals surface area contributed by atoms with Gasteiger partial charge in [0, 0.05) is 24.7 Å². The summed E-state index contributed by atoms with van der Waals surface area (Å²) in [5.41, 5.74) is 3.12. The van der Waals surface area contributed by atoms with Gasteiger partial charge in [-0.1, -0.05) is 24.3 Å². The number of hydrogen-bond donors (Lipinski definition) is 1. The third-order valence-electron chi connectivity index (χ3n) is 5.91. The SMILES string of the molecule is CNC1c2ccccc2CCCC1N1CC2CCC1C2. The van der Waals surface area contributed by atoms with Crippen molar-refractivity contribution in [2.75, 3.05) is 13.6 Å². The van der Waals surface area contributed by atoms with E-state index in [0.29, 0.717) is 12.1 Å². The zero-order chi connectivity index (χ0) is 13.5. The maximum Gasteiger partial charge on any atom is 0.0478 e. The van der Waals surface area contributed by atoms with Crippen LogP contribution in [0.2, 0.25) is 0 Å².